The Labute approximate surface area is 144 Å². The number of nitrogens with zero attached hydrogens (tertiary/aromatic N) is 1. The molecule has 0 fully saturated rings. The predicted octanol–water partition coefficient (Wildman–Crippen LogP) is 3.95. The van der Waals surface area contributed by atoms with Gasteiger partial charge in [-0.1, -0.05) is 56.9 Å². The Morgan fingerprint density at radius 2 is 1.71 bits per heavy atom. The van der Waals surface area contributed by atoms with Crippen LogP contribution in [0.4, 0.5) is 0 Å². The van der Waals surface area contributed by atoms with Gasteiger partial charge in [-0.15, -0.1) is 0 Å². The molecule has 0 aromatic heterocycles. The fourth-order valence-electron chi connectivity index (χ4n) is 3.12. The highest BCUT2D eigenvalue weighted by atomic mass is 16.3. The van der Waals surface area contributed by atoms with Gasteiger partial charge in [0.2, 0.25) is 0 Å². The Bertz CT molecular complexity index is 588. The second kappa shape index (κ2) is 8.25. The van der Waals surface area contributed by atoms with Gasteiger partial charge in [-0.05, 0) is 31.9 Å². The van der Waals surface area contributed by atoms with Crippen LogP contribution in [0.2, 0.25) is 0 Å². The van der Waals surface area contributed by atoms with Gasteiger partial charge < -0.3 is 5.11 Å². The number of amides is 2. The van der Waals surface area contributed by atoms with E-state index < -0.39 is 12.1 Å². The zero-order valence-corrected chi connectivity index (χ0v) is 14.6. The quantitative estimate of drug-likeness (QED) is 0.424. The highest BCUT2D eigenvalue weighted by Gasteiger charge is 2.38. The van der Waals surface area contributed by atoms with Crippen molar-refractivity contribution in [1.29, 1.82) is 0 Å². The average molecular weight is 329 g/mol. The van der Waals surface area contributed by atoms with E-state index in [-0.39, 0.29) is 11.8 Å². The third-order valence-electron chi connectivity index (χ3n) is 4.69. The van der Waals surface area contributed by atoms with E-state index in [1.165, 1.54) is 17.7 Å². The summed E-state index contributed by atoms with van der Waals surface area (Å²) < 4.78 is 0. The molecule has 0 radical (unpaired) electrons. The SMILES string of the molecule is C=C(C[C@H](O)CCCCCC)[C@@H](C)N1C(=O)c2ccccc2C1=O. The van der Waals surface area contributed by atoms with Gasteiger partial charge in [0.25, 0.3) is 11.8 Å². The average Bonchev–Trinajstić information content (AvgIpc) is 2.82. The minimum Gasteiger partial charge on any atom is -0.393 e. The van der Waals surface area contributed by atoms with E-state index in [0.717, 1.165) is 19.3 Å². The summed E-state index contributed by atoms with van der Waals surface area (Å²) in [7, 11) is 0. The van der Waals surface area contributed by atoms with Gasteiger partial charge in [-0.25, -0.2) is 0 Å². The molecule has 24 heavy (non-hydrogen) atoms. The highest BCUT2D eigenvalue weighted by Crippen LogP contribution is 2.28. The van der Waals surface area contributed by atoms with Crippen molar-refractivity contribution in [3.63, 3.8) is 0 Å². The van der Waals surface area contributed by atoms with Crippen LogP contribution >= 0.6 is 0 Å². The van der Waals surface area contributed by atoms with Crippen molar-refractivity contribution in [2.75, 3.05) is 0 Å². The third kappa shape index (κ3) is 3.93. The van der Waals surface area contributed by atoms with Crippen molar-refractivity contribution in [3.05, 3.63) is 47.5 Å². The smallest absolute Gasteiger partial charge is 0.262 e. The number of unbranched alkanes of at least 4 members (excludes halogenated alkanes) is 3. The maximum atomic E-state index is 12.5. The third-order valence-corrected chi connectivity index (χ3v) is 4.69. The summed E-state index contributed by atoms with van der Waals surface area (Å²) in [5.41, 5.74) is 1.61. The molecule has 4 heteroatoms. The van der Waals surface area contributed by atoms with Gasteiger partial charge in [-0.2, -0.15) is 0 Å². The number of benzene rings is 1. The van der Waals surface area contributed by atoms with Gasteiger partial charge in [0, 0.05) is 0 Å². The Balaban J connectivity index is 1.94. The van der Waals surface area contributed by atoms with Crippen LogP contribution in [0.25, 0.3) is 0 Å². The molecule has 1 aromatic rings. The monoisotopic (exact) mass is 329 g/mol. The van der Waals surface area contributed by atoms with Crippen molar-refractivity contribution in [2.45, 2.75) is 64.5 Å². The van der Waals surface area contributed by atoms with E-state index in [1.807, 2.05) is 0 Å². The summed E-state index contributed by atoms with van der Waals surface area (Å²) in [5, 5.41) is 10.2. The van der Waals surface area contributed by atoms with Crippen molar-refractivity contribution in [2.24, 2.45) is 0 Å². The fraction of sp³-hybridized carbons (Fsp3) is 0.500. The van der Waals surface area contributed by atoms with E-state index in [4.69, 9.17) is 0 Å². The number of aliphatic hydroxyl groups excluding tert-OH is 1. The summed E-state index contributed by atoms with van der Waals surface area (Å²) in [6, 6.07) is 6.45. The highest BCUT2D eigenvalue weighted by molar-refractivity contribution is 6.21. The normalized spacial score (nSPS) is 16.2. The maximum absolute atomic E-state index is 12.5. The van der Waals surface area contributed by atoms with Gasteiger partial charge in [0.1, 0.15) is 0 Å². The molecule has 1 aliphatic rings. The molecule has 2 atom stereocenters. The molecule has 0 saturated heterocycles. The number of carbonyl (C=O) groups is 2. The molecule has 1 aromatic carbocycles. The zero-order valence-electron chi connectivity index (χ0n) is 14.6. The zero-order chi connectivity index (χ0) is 17.7. The molecule has 0 unspecified atom stereocenters. The van der Waals surface area contributed by atoms with Crippen molar-refractivity contribution in [1.82, 2.24) is 4.90 Å². The lowest BCUT2D eigenvalue weighted by Gasteiger charge is -2.26. The number of imide groups is 1. The van der Waals surface area contributed by atoms with Crippen molar-refractivity contribution >= 4 is 11.8 Å². The Morgan fingerprint density at radius 1 is 1.12 bits per heavy atom. The number of aliphatic hydroxyl groups is 1. The Morgan fingerprint density at radius 3 is 2.25 bits per heavy atom. The molecule has 1 heterocycles. The molecule has 2 rings (SSSR count). The van der Waals surface area contributed by atoms with E-state index in [2.05, 4.69) is 13.5 Å². The molecule has 1 N–H and O–H groups in total. The molecule has 0 saturated carbocycles. The topological polar surface area (TPSA) is 57.6 Å². The van der Waals surface area contributed by atoms with Gasteiger partial charge in [0.05, 0.1) is 23.3 Å². The molecule has 2 amide bonds. The van der Waals surface area contributed by atoms with Crippen LogP contribution in [0.5, 0.6) is 0 Å². The molecule has 0 aliphatic carbocycles. The number of hydrogen-bond donors (Lipinski definition) is 1. The second-order valence-corrected chi connectivity index (χ2v) is 6.57. The largest absolute Gasteiger partial charge is 0.393 e. The lowest BCUT2D eigenvalue weighted by molar-refractivity contribution is 0.0609. The van der Waals surface area contributed by atoms with Crippen LogP contribution in [-0.4, -0.2) is 34.0 Å². The fourth-order valence-corrected chi connectivity index (χ4v) is 3.12. The van der Waals surface area contributed by atoms with E-state index in [0.29, 0.717) is 23.1 Å². The van der Waals surface area contributed by atoms with Crippen molar-refractivity contribution in [3.8, 4) is 0 Å². The molecular weight excluding hydrogens is 302 g/mol. The summed E-state index contributed by atoms with van der Waals surface area (Å²) in [4.78, 5) is 26.2. The summed E-state index contributed by atoms with van der Waals surface area (Å²) >= 11 is 0. The lowest BCUT2D eigenvalue weighted by atomic mass is 9.98. The minimum absolute atomic E-state index is 0.276. The van der Waals surface area contributed by atoms with Gasteiger partial charge >= 0.3 is 0 Å². The van der Waals surface area contributed by atoms with Crippen molar-refractivity contribution < 1.29 is 14.7 Å². The van der Waals surface area contributed by atoms with E-state index >= 15 is 0 Å². The maximum Gasteiger partial charge on any atom is 0.262 e. The first-order valence-electron chi connectivity index (χ1n) is 8.80. The van der Waals surface area contributed by atoms with Crippen LogP contribution < -0.4 is 0 Å². The number of hydrogen-bond acceptors (Lipinski definition) is 3. The van der Waals surface area contributed by atoms with Crippen LogP contribution in [0.15, 0.2) is 36.4 Å². The summed E-state index contributed by atoms with van der Waals surface area (Å²) in [6.45, 7) is 7.96. The first kappa shape index (κ1) is 18.4. The van der Waals surface area contributed by atoms with Gasteiger partial charge in [-0.3, -0.25) is 14.5 Å². The molecular formula is C20H27NO3. The van der Waals surface area contributed by atoms with Crippen LogP contribution in [0.1, 0.15) is 73.1 Å². The molecule has 0 bridgehead atoms. The molecule has 4 nitrogen and oxygen atoms in total. The van der Waals surface area contributed by atoms with Crippen LogP contribution in [-0.2, 0) is 0 Å². The predicted molar refractivity (Wildman–Crippen MR) is 94.9 cm³/mol. The van der Waals surface area contributed by atoms with E-state index in [1.54, 1.807) is 31.2 Å². The number of rotatable bonds is 9. The Kier molecular flexibility index (Phi) is 6.32. The Hall–Kier alpha value is -1.94. The van der Waals surface area contributed by atoms with E-state index in [9.17, 15) is 14.7 Å². The molecule has 1 aliphatic heterocycles. The first-order valence-corrected chi connectivity index (χ1v) is 8.80. The van der Waals surface area contributed by atoms with Crippen LogP contribution in [0, 0.1) is 0 Å². The first-order chi connectivity index (χ1) is 11.5. The lowest BCUT2D eigenvalue weighted by Crippen LogP contribution is -2.39. The second-order valence-electron chi connectivity index (χ2n) is 6.57. The summed E-state index contributed by atoms with van der Waals surface area (Å²) in [6.07, 6.45) is 5.14. The minimum atomic E-state index is -0.466. The molecule has 130 valence electrons. The van der Waals surface area contributed by atoms with Gasteiger partial charge in [0.15, 0.2) is 0 Å². The van der Waals surface area contributed by atoms with Crippen LogP contribution in [0.3, 0.4) is 0 Å². The number of fused-ring (bicyclic) bond motifs is 1. The number of carbonyl (C=O) groups excluding carboxylic acids is 2. The standard InChI is InChI=1S/C20H27NO3/c1-4-5-6-7-10-16(22)13-14(2)15(3)21-19(23)17-11-8-9-12-18(17)20(21)24/h8-9,11-12,15-16,22H,2,4-7,10,13H2,1,3H3/t15-,16-/m1/s1. The molecule has 0 spiro atoms. The summed E-state index contributed by atoms with van der Waals surface area (Å²) in [5.74, 6) is -0.552.